The molecule has 0 radical (unpaired) electrons. The smallest absolute Gasteiger partial charge is 0.338 e. The number of hydrogen-bond acceptors (Lipinski definition) is 3. The summed E-state index contributed by atoms with van der Waals surface area (Å²) in [4.78, 5) is 28.3. The van der Waals surface area contributed by atoms with Crippen LogP contribution < -0.4 is 0 Å². The Bertz CT molecular complexity index is 1070. The van der Waals surface area contributed by atoms with E-state index in [0.717, 1.165) is 33.5 Å². The minimum atomic E-state index is -0.473. The number of Topliss-reactive ketones (excluding diaryl/α,β-unsaturated/α-hetero) is 1. The second kappa shape index (κ2) is 6.41. The van der Waals surface area contributed by atoms with Crippen molar-refractivity contribution in [2.45, 2.75) is 46.6 Å². The van der Waals surface area contributed by atoms with Crippen LogP contribution in [-0.2, 0) is 4.74 Å². The van der Waals surface area contributed by atoms with E-state index in [1.165, 1.54) is 12.8 Å². The highest BCUT2D eigenvalue weighted by molar-refractivity contribution is 6.01. The molecule has 4 rings (SSSR count). The summed E-state index contributed by atoms with van der Waals surface area (Å²) in [5.41, 5.74) is 6.36. The third-order valence-electron chi connectivity index (χ3n) is 5.58. The Morgan fingerprint density at radius 3 is 2.59 bits per heavy atom. The van der Waals surface area contributed by atoms with E-state index in [1.807, 2.05) is 45.9 Å². The van der Waals surface area contributed by atoms with Crippen LogP contribution in [0, 0.1) is 27.7 Å². The van der Waals surface area contributed by atoms with Gasteiger partial charge in [0.2, 0.25) is 5.78 Å². The lowest BCUT2D eigenvalue weighted by molar-refractivity contribution is 0.0474. The van der Waals surface area contributed by atoms with Crippen molar-refractivity contribution in [3.8, 4) is 0 Å². The summed E-state index contributed by atoms with van der Waals surface area (Å²) in [5, 5.41) is 1.00. The number of ether oxygens (including phenoxy) is 1. The average Bonchev–Trinajstić information content (AvgIpc) is 3.37. The summed E-state index contributed by atoms with van der Waals surface area (Å²) >= 11 is 0. The third-order valence-corrected chi connectivity index (χ3v) is 5.58. The molecular formula is C22H24N2O3. The van der Waals surface area contributed by atoms with Crippen LogP contribution in [0.4, 0.5) is 0 Å². The quantitative estimate of drug-likeness (QED) is 0.532. The number of carbonyl (C=O) groups excluding carboxylic acids is 2. The second-order valence-electron chi connectivity index (χ2n) is 7.52. The van der Waals surface area contributed by atoms with E-state index in [2.05, 4.69) is 9.55 Å². The van der Waals surface area contributed by atoms with Crippen molar-refractivity contribution in [2.75, 3.05) is 6.61 Å². The van der Waals surface area contributed by atoms with Crippen molar-refractivity contribution in [3.63, 3.8) is 0 Å². The van der Waals surface area contributed by atoms with Crippen LogP contribution in [-0.4, -0.2) is 27.9 Å². The number of nitrogens with zero attached hydrogens (tertiary/aromatic N) is 1. The summed E-state index contributed by atoms with van der Waals surface area (Å²) in [6.45, 7) is 7.76. The van der Waals surface area contributed by atoms with E-state index < -0.39 is 5.97 Å². The molecule has 1 fully saturated rings. The van der Waals surface area contributed by atoms with Crippen molar-refractivity contribution in [1.82, 2.24) is 9.55 Å². The molecule has 1 N–H and O–H groups in total. The average molecular weight is 364 g/mol. The number of benzene rings is 1. The number of ketones is 1. The molecule has 1 saturated carbocycles. The summed E-state index contributed by atoms with van der Waals surface area (Å²) < 4.78 is 7.53. The monoisotopic (exact) mass is 364 g/mol. The molecule has 0 spiro atoms. The van der Waals surface area contributed by atoms with E-state index in [4.69, 9.17) is 4.74 Å². The zero-order valence-corrected chi connectivity index (χ0v) is 16.2. The molecule has 0 bridgehead atoms. The molecule has 27 heavy (non-hydrogen) atoms. The number of aromatic amines is 1. The summed E-state index contributed by atoms with van der Waals surface area (Å²) in [6.07, 6.45) is 2.33. The van der Waals surface area contributed by atoms with Crippen LogP contribution in [0.2, 0.25) is 0 Å². The molecule has 3 aromatic rings. The molecule has 1 aliphatic rings. The van der Waals surface area contributed by atoms with Crippen molar-refractivity contribution in [1.29, 1.82) is 0 Å². The first-order valence-corrected chi connectivity index (χ1v) is 9.34. The van der Waals surface area contributed by atoms with Crippen LogP contribution in [0.3, 0.4) is 0 Å². The minimum absolute atomic E-state index is 0.155. The molecule has 0 saturated heterocycles. The van der Waals surface area contributed by atoms with Crippen LogP contribution in [0.1, 0.15) is 62.2 Å². The fraction of sp³-hybridized carbons (Fsp3) is 0.364. The van der Waals surface area contributed by atoms with E-state index in [9.17, 15) is 9.59 Å². The van der Waals surface area contributed by atoms with E-state index in [1.54, 1.807) is 6.07 Å². The summed E-state index contributed by atoms with van der Waals surface area (Å²) in [7, 11) is 0. The lowest BCUT2D eigenvalue weighted by Gasteiger charge is -2.08. The number of carbonyl (C=O) groups is 2. The van der Waals surface area contributed by atoms with Gasteiger partial charge in [0.25, 0.3) is 0 Å². The molecule has 1 aliphatic carbocycles. The number of aromatic nitrogens is 2. The molecular weight excluding hydrogens is 340 g/mol. The Kier molecular flexibility index (Phi) is 4.17. The molecule has 1 aromatic carbocycles. The highest BCUT2D eigenvalue weighted by atomic mass is 16.5. The van der Waals surface area contributed by atoms with Gasteiger partial charge in [0.15, 0.2) is 6.61 Å². The SMILES string of the molecule is Cc1[nH]c2ccc(C(=O)OCC(=O)c3cc(C)n(C4CC4)c3C)cc2c1C. The molecule has 0 atom stereocenters. The topological polar surface area (TPSA) is 64.1 Å². The first kappa shape index (κ1) is 17.6. The fourth-order valence-electron chi connectivity index (χ4n) is 3.83. The normalized spacial score (nSPS) is 13.9. The van der Waals surface area contributed by atoms with Crippen LogP contribution in [0.15, 0.2) is 24.3 Å². The maximum atomic E-state index is 12.6. The van der Waals surface area contributed by atoms with Crippen LogP contribution in [0.5, 0.6) is 0 Å². The van der Waals surface area contributed by atoms with Gasteiger partial charge in [-0.2, -0.15) is 0 Å². The lowest BCUT2D eigenvalue weighted by Crippen LogP contribution is -2.15. The highest BCUT2D eigenvalue weighted by Crippen LogP contribution is 2.38. The fourth-order valence-corrected chi connectivity index (χ4v) is 3.83. The number of esters is 1. The van der Waals surface area contributed by atoms with E-state index in [0.29, 0.717) is 17.2 Å². The molecule has 0 amide bonds. The molecule has 2 aromatic heterocycles. The van der Waals surface area contributed by atoms with Gasteiger partial charge in [-0.15, -0.1) is 0 Å². The van der Waals surface area contributed by atoms with Gasteiger partial charge in [0.1, 0.15) is 0 Å². The standard InChI is InChI=1S/C22H24N2O3/c1-12-9-19(15(4)24(12)17-6-7-17)21(25)11-27-22(26)16-5-8-20-18(10-16)13(2)14(3)23-20/h5,8-10,17,23H,6-7,11H2,1-4H3. The minimum Gasteiger partial charge on any atom is -0.454 e. The Hall–Kier alpha value is -2.82. The molecule has 2 heterocycles. The van der Waals surface area contributed by atoms with Gasteiger partial charge in [0.05, 0.1) is 5.56 Å². The van der Waals surface area contributed by atoms with Gasteiger partial charge < -0.3 is 14.3 Å². The highest BCUT2D eigenvalue weighted by Gasteiger charge is 2.28. The Balaban J connectivity index is 1.48. The van der Waals surface area contributed by atoms with Crippen molar-refractivity contribution in [3.05, 3.63) is 58.0 Å². The molecule has 140 valence electrons. The third kappa shape index (κ3) is 3.07. The Morgan fingerprint density at radius 1 is 1.15 bits per heavy atom. The first-order chi connectivity index (χ1) is 12.9. The number of aryl methyl sites for hydroxylation is 3. The van der Waals surface area contributed by atoms with Gasteiger partial charge in [-0.1, -0.05) is 0 Å². The largest absolute Gasteiger partial charge is 0.454 e. The molecule has 0 aliphatic heterocycles. The van der Waals surface area contributed by atoms with Gasteiger partial charge in [0, 0.05) is 39.6 Å². The van der Waals surface area contributed by atoms with E-state index in [-0.39, 0.29) is 12.4 Å². The van der Waals surface area contributed by atoms with E-state index >= 15 is 0 Å². The van der Waals surface area contributed by atoms with Gasteiger partial charge in [-0.05, 0) is 70.4 Å². The number of rotatable bonds is 5. The van der Waals surface area contributed by atoms with Crippen LogP contribution >= 0.6 is 0 Å². The predicted octanol–water partition coefficient (Wildman–Crippen LogP) is 4.58. The molecule has 5 heteroatoms. The zero-order valence-electron chi connectivity index (χ0n) is 16.2. The number of hydrogen-bond donors (Lipinski definition) is 1. The second-order valence-corrected chi connectivity index (χ2v) is 7.52. The molecule has 5 nitrogen and oxygen atoms in total. The zero-order chi connectivity index (χ0) is 19.3. The van der Waals surface area contributed by atoms with Gasteiger partial charge in [-0.25, -0.2) is 4.79 Å². The number of nitrogens with one attached hydrogen (secondary N) is 1. The maximum Gasteiger partial charge on any atom is 0.338 e. The van der Waals surface area contributed by atoms with Crippen LogP contribution in [0.25, 0.3) is 10.9 Å². The number of fused-ring (bicyclic) bond motifs is 1. The Labute approximate surface area is 158 Å². The Morgan fingerprint density at radius 2 is 1.89 bits per heavy atom. The first-order valence-electron chi connectivity index (χ1n) is 9.34. The summed E-state index contributed by atoms with van der Waals surface area (Å²) in [6, 6.07) is 7.84. The summed E-state index contributed by atoms with van der Waals surface area (Å²) in [5.74, 6) is -0.627. The van der Waals surface area contributed by atoms with Crippen molar-refractivity contribution >= 4 is 22.7 Å². The van der Waals surface area contributed by atoms with Gasteiger partial charge in [-0.3, -0.25) is 4.79 Å². The lowest BCUT2D eigenvalue weighted by atomic mass is 10.1. The maximum absolute atomic E-state index is 12.6. The van der Waals surface area contributed by atoms with Crippen molar-refractivity contribution in [2.24, 2.45) is 0 Å². The number of H-pyrrole nitrogens is 1. The predicted molar refractivity (Wildman–Crippen MR) is 105 cm³/mol. The van der Waals surface area contributed by atoms with Gasteiger partial charge >= 0.3 is 5.97 Å². The molecule has 0 unspecified atom stereocenters. The van der Waals surface area contributed by atoms with Crippen molar-refractivity contribution < 1.29 is 14.3 Å².